The SMILES string of the molecule is CCc1ccc(-c2noc(CN3CCCC(Cn4cncn4)C3)n2)cc1. The minimum Gasteiger partial charge on any atom is -0.338 e. The van der Waals surface area contributed by atoms with E-state index in [0.717, 1.165) is 31.6 Å². The smallest absolute Gasteiger partial charge is 0.241 e. The lowest BCUT2D eigenvalue weighted by Gasteiger charge is -2.31. The fourth-order valence-electron chi connectivity index (χ4n) is 3.55. The van der Waals surface area contributed by atoms with Crippen LogP contribution in [0.2, 0.25) is 0 Å². The lowest BCUT2D eigenvalue weighted by Crippen LogP contribution is -2.36. The summed E-state index contributed by atoms with van der Waals surface area (Å²) in [5.41, 5.74) is 2.31. The van der Waals surface area contributed by atoms with Crippen LogP contribution in [-0.4, -0.2) is 42.9 Å². The number of rotatable bonds is 6. The van der Waals surface area contributed by atoms with E-state index in [1.165, 1.54) is 18.4 Å². The molecule has 0 amide bonds. The summed E-state index contributed by atoms with van der Waals surface area (Å²) >= 11 is 0. The van der Waals surface area contributed by atoms with Crippen LogP contribution in [0, 0.1) is 5.92 Å². The summed E-state index contributed by atoms with van der Waals surface area (Å²) in [5, 5.41) is 8.37. The molecule has 1 aliphatic rings. The molecule has 7 heteroatoms. The van der Waals surface area contributed by atoms with Gasteiger partial charge in [0.2, 0.25) is 11.7 Å². The molecular formula is C19H24N6O. The highest BCUT2D eigenvalue weighted by Gasteiger charge is 2.22. The summed E-state index contributed by atoms with van der Waals surface area (Å²) in [5.74, 6) is 1.93. The molecule has 0 aliphatic carbocycles. The van der Waals surface area contributed by atoms with Gasteiger partial charge in [-0.2, -0.15) is 10.1 Å². The molecule has 0 saturated carbocycles. The molecule has 7 nitrogen and oxygen atoms in total. The number of aryl methyl sites for hydroxylation is 1. The van der Waals surface area contributed by atoms with Gasteiger partial charge >= 0.3 is 0 Å². The van der Waals surface area contributed by atoms with E-state index in [1.807, 2.05) is 4.68 Å². The summed E-state index contributed by atoms with van der Waals surface area (Å²) in [7, 11) is 0. The molecule has 1 atom stereocenters. The highest BCUT2D eigenvalue weighted by Crippen LogP contribution is 2.21. The molecule has 0 N–H and O–H groups in total. The highest BCUT2D eigenvalue weighted by molar-refractivity contribution is 5.54. The van der Waals surface area contributed by atoms with Crippen molar-refractivity contribution >= 4 is 0 Å². The quantitative estimate of drug-likeness (QED) is 0.679. The van der Waals surface area contributed by atoms with Crippen molar-refractivity contribution in [1.82, 2.24) is 29.8 Å². The van der Waals surface area contributed by atoms with E-state index in [1.54, 1.807) is 12.7 Å². The first-order chi connectivity index (χ1) is 12.8. The molecule has 0 bridgehead atoms. The molecule has 1 saturated heterocycles. The number of piperidine rings is 1. The molecule has 1 fully saturated rings. The van der Waals surface area contributed by atoms with Gasteiger partial charge in [-0.1, -0.05) is 36.3 Å². The molecule has 26 heavy (non-hydrogen) atoms. The summed E-state index contributed by atoms with van der Waals surface area (Å²) in [4.78, 5) is 11.0. The van der Waals surface area contributed by atoms with Crippen molar-refractivity contribution in [3.8, 4) is 11.4 Å². The van der Waals surface area contributed by atoms with E-state index >= 15 is 0 Å². The van der Waals surface area contributed by atoms with Gasteiger partial charge in [0.15, 0.2) is 0 Å². The Kier molecular flexibility index (Phi) is 5.06. The molecule has 1 unspecified atom stereocenters. The number of hydrogen-bond acceptors (Lipinski definition) is 6. The van der Waals surface area contributed by atoms with Crippen LogP contribution in [0.5, 0.6) is 0 Å². The van der Waals surface area contributed by atoms with E-state index in [9.17, 15) is 0 Å². The summed E-state index contributed by atoms with van der Waals surface area (Å²) < 4.78 is 7.40. The summed E-state index contributed by atoms with van der Waals surface area (Å²) in [6.45, 7) is 5.85. The maximum absolute atomic E-state index is 5.49. The van der Waals surface area contributed by atoms with Gasteiger partial charge in [-0.25, -0.2) is 4.98 Å². The van der Waals surface area contributed by atoms with Crippen molar-refractivity contribution in [3.05, 3.63) is 48.4 Å². The van der Waals surface area contributed by atoms with Crippen molar-refractivity contribution in [2.75, 3.05) is 13.1 Å². The lowest BCUT2D eigenvalue weighted by atomic mass is 9.98. The fraction of sp³-hybridized carbons (Fsp3) is 0.474. The predicted molar refractivity (Wildman–Crippen MR) is 97.1 cm³/mol. The molecule has 3 aromatic rings. The largest absolute Gasteiger partial charge is 0.338 e. The van der Waals surface area contributed by atoms with Crippen molar-refractivity contribution in [2.24, 2.45) is 5.92 Å². The summed E-state index contributed by atoms with van der Waals surface area (Å²) in [6, 6.07) is 8.35. The van der Waals surface area contributed by atoms with Crippen LogP contribution in [0.15, 0.2) is 41.4 Å². The number of likely N-dealkylation sites (tertiary alicyclic amines) is 1. The van der Waals surface area contributed by atoms with Gasteiger partial charge in [-0.05, 0) is 37.3 Å². The Morgan fingerprint density at radius 2 is 2.12 bits per heavy atom. The van der Waals surface area contributed by atoms with Gasteiger partial charge in [-0.15, -0.1) is 0 Å². The zero-order valence-electron chi connectivity index (χ0n) is 15.1. The average molecular weight is 352 g/mol. The molecule has 136 valence electrons. The number of aromatic nitrogens is 5. The average Bonchev–Trinajstić information content (AvgIpc) is 3.34. The van der Waals surface area contributed by atoms with Gasteiger partial charge < -0.3 is 4.52 Å². The topological polar surface area (TPSA) is 72.9 Å². The van der Waals surface area contributed by atoms with Gasteiger partial charge in [0.1, 0.15) is 12.7 Å². The monoisotopic (exact) mass is 352 g/mol. The zero-order valence-corrected chi connectivity index (χ0v) is 15.1. The van der Waals surface area contributed by atoms with Gasteiger partial charge in [0.05, 0.1) is 6.54 Å². The van der Waals surface area contributed by atoms with Crippen molar-refractivity contribution in [2.45, 2.75) is 39.3 Å². The lowest BCUT2D eigenvalue weighted by molar-refractivity contribution is 0.138. The van der Waals surface area contributed by atoms with Crippen LogP contribution in [0.1, 0.15) is 31.2 Å². The Hall–Kier alpha value is -2.54. The van der Waals surface area contributed by atoms with E-state index in [2.05, 4.69) is 56.3 Å². The third-order valence-corrected chi connectivity index (χ3v) is 4.96. The third kappa shape index (κ3) is 3.99. The Balaban J connectivity index is 1.37. The molecule has 3 heterocycles. The molecule has 2 aromatic heterocycles. The van der Waals surface area contributed by atoms with Crippen LogP contribution in [-0.2, 0) is 19.5 Å². The molecular weight excluding hydrogens is 328 g/mol. The highest BCUT2D eigenvalue weighted by atomic mass is 16.5. The standard InChI is InChI=1S/C19H24N6O/c1-2-15-5-7-17(8-6-15)19-22-18(26-23-19)12-24-9-3-4-16(10-24)11-25-14-20-13-21-25/h5-8,13-14,16H,2-4,9-12H2,1H3. The first-order valence-corrected chi connectivity index (χ1v) is 9.27. The van der Waals surface area contributed by atoms with Gasteiger partial charge in [0, 0.05) is 18.7 Å². The van der Waals surface area contributed by atoms with E-state index in [-0.39, 0.29) is 0 Å². The van der Waals surface area contributed by atoms with Crippen molar-refractivity contribution < 1.29 is 4.52 Å². The van der Waals surface area contributed by atoms with Crippen LogP contribution < -0.4 is 0 Å². The van der Waals surface area contributed by atoms with Crippen LogP contribution in [0.3, 0.4) is 0 Å². The minimum atomic E-state index is 0.578. The normalized spacial score (nSPS) is 18.3. The molecule has 1 aliphatic heterocycles. The number of hydrogen-bond donors (Lipinski definition) is 0. The van der Waals surface area contributed by atoms with Crippen LogP contribution in [0.25, 0.3) is 11.4 Å². The summed E-state index contributed by atoms with van der Waals surface area (Å²) in [6.07, 6.45) is 6.80. The molecule has 4 rings (SSSR count). The fourth-order valence-corrected chi connectivity index (χ4v) is 3.55. The maximum atomic E-state index is 5.49. The molecule has 0 spiro atoms. The van der Waals surface area contributed by atoms with Gasteiger partial charge in [0.25, 0.3) is 0 Å². The van der Waals surface area contributed by atoms with Gasteiger partial charge in [-0.3, -0.25) is 9.58 Å². The first-order valence-electron chi connectivity index (χ1n) is 9.27. The molecule has 0 radical (unpaired) electrons. The Bertz CT molecular complexity index is 811. The van der Waals surface area contributed by atoms with E-state index in [4.69, 9.17) is 4.52 Å². The van der Waals surface area contributed by atoms with Crippen molar-refractivity contribution in [1.29, 1.82) is 0 Å². The second kappa shape index (κ2) is 7.78. The predicted octanol–water partition coefficient (Wildman–Crippen LogP) is 2.80. The number of nitrogens with zero attached hydrogens (tertiary/aromatic N) is 6. The second-order valence-corrected chi connectivity index (χ2v) is 6.92. The Labute approximate surface area is 153 Å². The third-order valence-electron chi connectivity index (χ3n) is 4.96. The van der Waals surface area contributed by atoms with Crippen LogP contribution >= 0.6 is 0 Å². The Morgan fingerprint density at radius 1 is 1.23 bits per heavy atom. The minimum absolute atomic E-state index is 0.578. The van der Waals surface area contributed by atoms with Crippen LogP contribution in [0.4, 0.5) is 0 Å². The van der Waals surface area contributed by atoms with E-state index < -0.39 is 0 Å². The van der Waals surface area contributed by atoms with Crippen molar-refractivity contribution in [3.63, 3.8) is 0 Å². The first kappa shape index (κ1) is 16.9. The number of benzene rings is 1. The van der Waals surface area contributed by atoms with E-state index in [0.29, 0.717) is 24.2 Å². The molecule has 1 aromatic carbocycles. The second-order valence-electron chi connectivity index (χ2n) is 6.92. The maximum Gasteiger partial charge on any atom is 0.241 e. The zero-order chi connectivity index (χ0) is 17.8. The Morgan fingerprint density at radius 3 is 2.88 bits per heavy atom.